The zero-order chi connectivity index (χ0) is 21.5. The van der Waals surface area contributed by atoms with Crippen LogP contribution in [0.5, 0.6) is 11.5 Å². The van der Waals surface area contributed by atoms with Gasteiger partial charge in [0.25, 0.3) is 5.56 Å². The van der Waals surface area contributed by atoms with Crippen molar-refractivity contribution in [2.45, 2.75) is 6.61 Å². The molecule has 0 aliphatic rings. The van der Waals surface area contributed by atoms with Crippen LogP contribution in [-0.4, -0.2) is 29.7 Å². The number of aromatic nitrogens is 2. The van der Waals surface area contributed by atoms with Crippen LogP contribution >= 0.6 is 11.6 Å². The highest BCUT2D eigenvalue weighted by Crippen LogP contribution is 2.28. The number of carbonyl (C=O) groups is 1. The van der Waals surface area contributed by atoms with Crippen molar-refractivity contribution in [3.63, 3.8) is 0 Å². The fourth-order valence-corrected chi connectivity index (χ4v) is 2.76. The minimum Gasteiger partial charge on any atom is -0.493 e. The van der Waals surface area contributed by atoms with E-state index in [4.69, 9.17) is 31.1 Å². The summed E-state index contributed by atoms with van der Waals surface area (Å²) in [5.41, 5.74) is 0.739. The van der Waals surface area contributed by atoms with Gasteiger partial charge in [-0.25, -0.2) is 9.78 Å². The van der Waals surface area contributed by atoms with Crippen molar-refractivity contribution in [3.05, 3.63) is 69.2 Å². The average Bonchev–Trinajstić information content (AvgIpc) is 2.74. The number of H-pyrrole nitrogens is 1. The van der Waals surface area contributed by atoms with Crippen LogP contribution in [0.1, 0.15) is 11.4 Å². The second kappa shape index (κ2) is 9.58. The predicted octanol–water partition coefficient (Wildman–Crippen LogP) is 3.24. The number of benzene rings is 2. The molecule has 0 fully saturated rings. The van der Waals surface area contributed by atoms with Gasteiger partial charge in [-0.15, -0.1) is 0 Å². The molecule has 152 valence electrons. The largest absolute Gasteiger partial charge is 0.493 e. The fraction of sp³-hybridized carbons (Fsp3) is 0.143. The molecule has 0 bridgehead atoms. The summed E-state index contributed by atoms with van der Waals surface area (Å²) in [7, 11) is 1.47. The fourth-order valence-electron chi connectivity index (χ4n) is 2.60. The van der Waals surface area contributed by atoms with E-state index in [-0.39, 0.29) is 24.6 Å². The first kappa shape index (κ1) is 20.9. The maximum Gasteiger partial charge on any atom is 0.331 e. The van der Waals surface area contributed by atoms with Crippen LogP contribution in [-0.2, 0) is 16.1 Å². The second-order valence-corrected chi connectivity index (χ2v) is 6.41. The van der Waals surface area contributed by atoms with Crippen LogP contribution in [0.15, 0.2) is 47.3 Å². The summed E-state index contributed by atoms with van der Waals surface area (Å²) in [4.78, 5) is 30.9. The van der Waals surface area contributed by atoms with Gasteiger partial charge in [0.15, 0.2) is 18.1 Å². The van der Waals surface area contributed by atoms with E-state index in [1.807, 2.05) is 6.07 Å². The molecule has 0 saturated carbocycles. The average molecular weight is 426 g/mol. The summed E-state index contributed by atoms with van der Waals surface area (Å²) in [6, 6.07) is 11.6. The number of aromatic amines is 1. The third-order valence-electron chi connectivity index (χ3n) is 3.96. The van der Waals surface area contributed by atoms with Gasteiger partial charge in [0.05, 0.1) is 18.0 Å². The van der Waals surface area contributed by atoms with Crippen molar-refractivity contribution < 1.29 is 19.0 Å². The standard InChI is InChI=1S/C21H16ClN3O5/c1-28-18-10-13(2-6-17(18)29-9-8-23)3-7-20(26)30-12-19-24-16-11-14(22)4-5-15(16)21(27)25-19/h2-7,10-11H,9,12H2,1H3,(H,24,25,27)/b7-3+. The molecule has 1 N–H and O–H groups in total. The maximum absolute atomic E-state index is 12.1. The maximum atomic E-state index is 12.1. The highest BCUT2D eigenvalue weighted by Gasteiger charge is 2.08. The van der Waals surface area contributed by atoms with Crippen molar-refractivity contribution >= 4 is 34.5 Å². The van der Waals surface area contributed by atoms with Crippen molar-refractivity contribution in [3.8, 4) is 17.6 Å². The van der Waals surface area contributed by atoms with E-state index >= 15 is 0 Å². The van der Waals surface area contributed by atoms with E-state index in [1.165, 1.54) is 19.3 Å². The number of esters is 1. The number of carbonyl (C=O) groups excluding carboxylic acids is 1. The van der Waals surface area contributed by atoms with Crippen LogP contribution in [0, 0.1) is 11.3 Å². The van der Waals surface area contributed by atoms with Gasteiger partial charge in [0.1, 0.15) is 18.5 Å². The molecule has 0 radical (unpaired) electrons. The first-order valence-corrected chi connectivity index (χ1v) is 9.09. The third kappa shape index (κ3) is 5.16. The molecule has 1 aromatic heterocycles. The summed E-state index contributed by atoms with van der Waals surface area (Å²) >= 11 is 5.93. The van der Waals surface area contributed by atoms with E-state index < -0.39 is 5.97 Å². The number of nitrogens with zero attached hydrogens (tertiary/aromatic N) is 2. The number of hydrogen-bond donors (Lipinski definition) is 1. The van der Waals surface area contributed by atoms with Gasteiger partial charge in [0, 0.05) is 11.1 Å². The minimum absolute atomic E-state index is 0.102. The molecule has 0 aliphatic carbocycles. The van der Waals surface area contributed by atoms with Gasteiger partial charge in [-0.3, -0.25) is 4.79 Å². The summed E-state index contributed by atoms with van der Waals surface area (Å²) < 4.78 is 15.6. The number of halogens is 1. The van der Waals surface area contributed by atoms with Gasteiger partial charge in [0.2, 0.25) is 0 Å². The number of ether oxygens (including phenoxy) is 3. The van der Waals surface area contributed by atoms with Crippen molar-refractivity contribution in [1.82, 2.24) is 9.97 Å². The Hall–Kier alpha value is -3.83. The van der Waals surface area contributed by atoms with Crippen LogP contribution < -0.4 is 15.0 Å². The Balaban J connectivity index is 1.66. The number of rotatable bonds is 7. The van der Waals surface area contributed by atoms with Crippen molar-refractivity contribution in [2.75, 3.05) is 13.7 Å². The summed E-state index contributed by atoms with van der Waals surface area (Å²) in [5, 5.41) is 9.44. The van der Waals surface area contributed by atoms with Crippen molar-refractivity contribution in [1.29, 1.82) is 5.26 Å². The summed E-state index contributed by atoms with van der Waals surface area (Å²) in [6.07, 6.45) is 2.77. The lowest BCUT2D eigenvalue weighted by Gasteiger charge is -2.08. The van der Waals surface area contributed by atoms with Crippen molar-refractivity contribution in [2.24, 2.45) is 0 Å². The Morgan fingerprint density at radius 3 is 2.87 bits per heavy atom. The molecule has 2 aromatic carbocycles. The van der Waals surface area contributed by atoms with E-state index in [0.717, 1.165) is 0 Å². The SMILES string of the molecule is COc1cc(/C=C/C(=O)OCc2nc3cc(Cl)ccc3c(=O)[nH]2)ccc1OCC#N. The highest BCUT2D eigenvalue weighted by atomic mass is 35.5. The number of hydrogen-bond acceptors (Lipinski definition) is 7. The number of nitriles is 1. The van der Waals surface area contributed by atoms with Crippen LogP contribution in [0.4, 0.5) is 0 Å². The van der Waals surface area contributed by atoms with E-state index in [0.29, 0.717) is 33.0 Å². The molecule has 0 saturated heterocycles. The Labute approximate surface area is 176 Å². The third-order valence-corrected chi connectivity index (χ3v) is 4.20. The molecule has 0 atom stereocenters. The second-order valence-electron chi connectivity index (χ2n) is 5.97. The Kier molecular flexibility index (Phi) is 6.67. The smallest absolute Gasteiger partial charge is 0.331 e. The van der Waals surface area contributed by atoms with Gasteiger partial charge in [-0.1, -0.05) is 17.7 Å². The zero-order valence-corrected chi connectivity index (χ0v) is 16.6. The molecule has 9 heteroatoms. The lowest BCUT2D eigenvalue weighted by Crippen LogP contribution is -2.13. The number of nitrogens with one attached hydrogen (secondary N) is 1. The monoisotopic (exact) mass is 425 g/mol. The quantitative estimate of drug-likeness (QED) is 0.456. The molecule has 3 aromatic rings. The molecule has 1 heterocycles. The molecular formula is C21H16ClN3O5. The number of methoxy groups -OCH3 is 1. The minimum atomic E-state index is -0.618. The van der Waals surface area contributed by atoms with Crippen LogP contribution in [0.2, 0.25) is 5.02 Å². The lowest BCUT2D eigenvalue weighted by molar-refractivity contribution is -0.139. The molecule has 8 nitrogen and oxygen atoms in total. The molecule has 30 heavy (non-hydrogen) atoms. The van der Waals surface area contributed by atoms with E-state index in [2.05, 4.69) is 9.97 Å². The Morgan fingerprint density at radius 2 is 2.10 bits per heavy atom. The Morgan fingerprint density at radius 1 is 1.27 bits per heavy atom. The molecule has 3 rings (SSSR count). The van der Waals surface area contributed by atoms with E-state index in [9.17, 15) is 9.59 Å². The first-order chi connectivity index (χ1) is 14.5. The van der Waals surface area contributed by atoms with E-state index in [1.54, 1.807) is 36.4 Å². The molecular weight excluding hydrogens is 410 g/mol. The highest BCUT2D eigenvalue weighted by molar-refractivity contribution is 6.31. The molecule has 0 aliphatic heterocycles. The van der Waals surface area contributed by atoms with Crippen LogP contribution in [0.25, 0.3) is 17.0 Å². The summed E-state index contributed by atoms with van der Waals surface area (Å²) in [6.45, 7) is -0.305. The van der Waals surface area contributed by atoms with Gasteiger partial charge >= 0.3 is 5.97 Å². The zero-order valence-electron chi connectivity index (χ0n) is 15.8. The first-order valence-electron chi connectivity index (χ1n) is 8.71. The lowest BCUT2D eigenvalue weighted by atomic mass is 10.2. The van der Waals surface area contributed by atoms with Gasteiger partial charge < -0.3 is 19.2 Å². The normalized spacial score (nSPS) is 10.7. The Bertz CT molecular complexity index is 1210. The van der Waals surface area contributed by atoms with Crippen LogP contribution in [0.3, 0.4) is 0 Å². The topological polar surface area (TPSA) is 114 Å². The summed E-state index contributed by atoms with van der Waals surface area (Å²) in [5.74, 6) is 0.437. The van der Waals surface area contributed by atoms with Gasteiger partial charge in [-0.05, 0) is 42.0 Å². The van der Waals surface area contributed by atoms with Gasteiger partial charge in [-0.2, -0.15) is 5.26 Å². The molecule has 0 spiro atoms. The molecule has 0 amide bonds. The predicted molar refractivity (Wildman–Crippen MR) is 110 cm³/mol. The number of fused-ring (bicyclic) bond motifs is 1. The molecule has 0 unspecified atom stereocenters.